The normalized spacial score (nSPS) is 13.2. The number of amides is 1. The van der Waals surface area contributed by atoms with Crippen LogP contribution in [0.3, 0.4) is 0 Å². The predicted octanol–water partition coefficient (Wildman–Crippen LogP) is 6.84. The van der Waals surface area contributed by atoms with Crippen LogP contribution in [0, 0.1) is 6.92 Å². The minimum absolute atomic E-state index is 0.0959. The molecule has 0 saturated heterocycles. The molecule has 0 aliphatic heterocycles. The number of hydrogen-bond acceptors (Lipinski definition) is 3. The van der Waals surface area contributed by atoms with Crippen molar-refractivity contribution in [3.05, 3.63) is 119 Å². The molecule has 1 amide bonds. The maximum atomic E-state index is 12.9. The molecule has 0 bridgehead atoms. The van der Waals surface area contributed by atoms with E-state index < -0.39 is 18.1 Å². The van der Waals surface area contributed by atoms with Gasteiger partial charge in [0.1, 0.15) is 12.6 Å². The number of carboxylic acid groups (broad SMARTS) is 1. The summed E-state index contributed by atoms with van der Waals surface area (Å²) in [5.74, 6) is -1.20. The van der Waals surface area contributed by atoms with Gasteiger partial charge in [0, 0.05) is 12.3 Å². The van der Waals surface area contributed by atoms with Crippen LogP contribution in [0.25, 0.3) is 32.7 Å². The molecule has 0 spiro atoms. The summed E-state index contributed by atoms with van der Waals surface area (Å²) in [6, 6.07) is 31.1. The minimum Gasteiger partial charge on any atom is -0.480 e. The number of carboxylic acids is 1. The van der Waals surface area contributed by atoms with Crippen LogP contribution in [0.1, 0.15) is 28.2 Å². The molecule has 5 aromatic rings. The largest absolute Gasteiger partial charge is 0.480 e. The van der Waals surface area contributed by atoms with E-state index in [1.807, 2.05) is 60.7 Å². The van der Waals surface area contributed by atoms with E-state index in [1.165, 1.54) is 0 Å². The minimum atomic E-state index is -1.14. The van der Waals surface area contributed by atoms with E-state index in [-0.39, 0.29) is 18.9 Å². The molecule has 1 aliphatic carbocycles. The summed E-state index contributed by atoms with van der Waals surface area (Å²) in [6.45, 7) is 2.21. The Hall–Kier alpha value is -4.64. The van der Waals surface area contributed by atoms with Crippen LogP contribution in [0.5, 0.6) is 0 Å². The Morgan fingerprint density at radius 3 is 1.76 bits per heavy atom. The first-order valence-electron chi connectivity index (χ1n) is 12.8. The van der Waals surface area contributed by atoms with Crippen molar-refractivity contribution in [1.29, 1.82) is 0 Å². The maximum absolute atomic E-state index is 12.9. The molecular weight excluding hydrogens is 474 g/mol. The maximum Gasteiger partial charge on any atom is 0.407 e. The Bertz CT molecular complexity index is 1600. The molecule has 188 valence electrons. The highest BCUT2D eigenvalue weighted by Gasteiger charge is 2.30. The highest BCUT2D eigenvalue weighted by molar-refractivity contribution is 6.06. The number of aliphatic carboxylic acids is 1. The fourth-order valence-electron chi connectivity index (χ4n) is 5.84. The average molecular weight is 502 g/mol. The molecule has 2 N–H and O–H groups in total. The molecule has 0 aromatic heterocycles. The number of alkyl carbamates (subject to hydrolysis) is 1. The molecule has 5 heteroatoms. The van der Waals surface area contributed by atoms with E-state index in [4.69, 9.17) is 4.74 Å². The predicted molar refractivity (Wildman–Crippen MR) is 150 cm³/mol. The summed E-state index contributed by atoms with van der Waals surface area (Å²) in [6.07, 6.45) is -0.596. The van der Waals surface area contributed by atoms with Crippen LogP contribution in [0.2, 0.25) is 0 Å². The second kappa shape index (κ2) is 9.67. The topological polar surface area (TPSA) is 75.6 Å². The average Bonchev–Trinajstić information content (AvgIpc) is 3.27. The molecule has 0 fully saturated rings. The lowest BCUT2D eigenvalue weighted by atomic mass is 9.89. The molecular formula is C33H27NO4. The third-order valence-corrected chi connectivity index (χ3v) is 7.65. The fourth-order valence-corrected chi connectivity index (χ4v) is 5.84. The van der Waals surface area contributed by atoms with E-state index in [2.05, 4.69) is 48.6 Å². The van der Waals surface area contributed by atoms with Crippen LogP contribution < -0.4 is 5.32 Å². The highest BCUT2D eigenvalue weighted by atomic mass is 16.5. The summed E-state index contributed by atoms with van der Waals surface area (Å²) in [7, 11) is 0. The number of hydrogen-bond donors (Lipinski definition) is 2. The Kier molecular flexibility index (Phi) is 6.04. The van der Waals surface area contributed by atoms with E-state index in [9.17, 15) is 14.7 Å². The second-order valence-corrected chi connectivity index (χ2v) is 9.76. The quantitative estimate of drug-likeness (QED) is 0.250. The van der Waals surface area contributed by atoms with Gasteiger partial charge >= 0.3 is 12.1 Å². The molecule has 6 rings (SSSR count). The van der Waals surface area contributed by atoms with Gasteiger partial charge in [0.2, 0.25) is 0 Å². The van der Waals surface area contributed by atoms with Crippen molar-refractivity contribution >= 4 is 33.6 Å². The van der Waals surface area contributed by atoms with Crippen molar-refractivity contribution in [3.63, 3.8) is 0 Å². The Balaban J connectivity index is 1.25. The molecule has 0 radical (unpaired) electrons. The van der Waals surface area contributed by atoms with Gasteiger partial charge < -0.3 is 15.2 Å². The number of benzene rings is 5. The number of nitrogens with one attached hydrogen (secondary N) is 1. The molecule has 0 heterocycles. The summed E-state index contributed by atoms with van der Waals surface area (Å²) in [5, 5.41) is 16.8. The first-order chi connectivity index (χ1) is 18.5. The van der Waals surface area contributed by atoms with Gasteiger partial charge in [-0.1, -0.05) is 97.1 Å². The Morgan fingerprint density at radius 1 is 0.763 bits per heavy atom. The van der Waals surface area contributed by atoms with E-state index in [1.54, 1.807) is 0 Å². The number of fused-ring (bicyclic) bond motifs is 5. The SMILES string of the molecule is Cc1c2ccccc2c(CC(NC(=O)OCC2c3ccccc3-c3ccccc32)C(=O)O)c2ccccc12. The monoisotopic (exact) mass is 501 g/mol. The second-order valence-electron chi connectivity index (χ2n) is 9.76. The first-order valence-corrected chi connectivity index (χ1v) is 12.8. The summed E-state index contributed by atoms with van der Waals surface area (Å²) in [4.78, 5) is 25.2. The number of ether oxygens (including phenoxy) is 1. The lowest BCUT2D eigenvalue weighted by molar-refractivity contribution is -0.139. The number of aryl methyl sites for hydroxylation is 1. The van der Waals surface area contributed by atoms with Gasteiger partial charge in [-0.25, -0.2) is 9.59 Å². The molecule has 1 unspecified atom stereocenters. The zero-order valence-corrected chi connectivity index (χ0v) is 21.0. The number of carbonyl (C=O) groups is 2. The highest BCUT2D eigenvalue weighted by Crippen LogP contribution is 2.44. The molecule has 38 heavy (non-hydrogen) atoms. The lowest BCUT2D eigenvalue weighted by Crippen LogP contribution is -2.43. The van der Waals surface area contributed by atoms with Gasteiger partial charge in [0.05, 0.1) is 0 Å². The van der Waals surface area contributed by atoms with Crippen molar-refractivity contribution in [3.8, 4) is 11.1 Å². The van der Waals surface area contributed by atoms with E-state index >= 15 is 0 Å². The van der Waals surface area contributed by atoms with Gasteiger partial charge in [-0.3, -0.25) is 0 Å². The summed E-state index contributed by atoms with van der Waals surface area (Å²) in [5.41, 5.74) is 6.53. The van der Waals surface area contributed by atoms with Crippen molar-refractivity contribution in [1.82, 2.24) is 5.32 Å². The van der Waals surface area contributed by atoms with Crippen LogP contribution in [-0.2, 0) is 16.0 Å². The third-order valence-electron chi connectivity index (χ3n) is 7.65. The van der Waals surface area contributed by atoms with Crippen molar-refractivity contribution in [2.24, 2.45) is 0 Å². The van der Waals surface area contributed by atoms with Crippen LogP contribution in [0.4, 0.5) is 4.79 Å². The van der Waals surface area contributed by atoms with Crippen LogP contribution in [-0.4, -0.2) is 29.8 Å². The fraction of sp³-hybridized carbons (Fsp3) is 0.152. The van der Waals surface area contributed by atoms with E-state index in [0.29, 0.717) is 0 Å². The van der Waals surface area contributed by atoms with Gasteiger partial charge in [-0.2, -0.15) is 0 Å². The van der Waals surface area contributed by atoms with Crippen molar-refractivity contribution in [2.75, 3.05) is 6.61 Å². The number of rotatable bonds is 6. The van der Waals surface area contributed by atoms with Crippen molar-refractivity contribution in [2.45, 2.75) is 25.3 Å². The molecule has 1 aliphatic rings. The standard InChI is InChI=1S/C33H27NO4/c1-20-21-10-2-4-12-23(21)29(24-13-5-3-11-22(20)24)18-31(32(35)36)34-33(37)38-19-30-27-16-8-6-14-25(27)26-15-7-9-17-28(26)30/h2-17,30-31H,18-19H2,1H3,(H,34,37)(H,35,36). The van der Waals surface area contributed by atoms with Crippen molar-refractivity contribution < 1.29 is 19.4 Å². The molecule has 5 nitrogen and oxygen atoms in total. The van der Waals surface area contributed by atoms with Crippen LogP contribution in [0.15, 0.2) is 97.1 Å². The Labute approximate surface area is 220 Å². The molecule has 5 aromatic carbocycles. The number of carbonyl (C=O) groups excluding carboxylic acids is 1. The zero-order valence-electron chi connectivity index (χ0n) is 21.0. The van der Waals surface area contributed by atoms with Crippen LogP contribution >= 0.6 is 0 Å². The van der Waals surface area contributed by atoms with Gasteiger partial charge in [-0.15, -0.1) is 0 Å². The molecule has 0 saturated carbocycles. The first kappa shape index (κ1) is 23.7. The van der Waals surface area contributed by atoms with Gasteiger partial charge in [0.15, 0.2) is 0 Å². The molecule has 1 atom stereocenters. The smallest absolute Gasteiger partial charge is 0.407 e. The zero-order chi connectivity index (χ0) is 26.2. The summed E-state index contributed by atoms with van der Waals surface area (Å²) < 4.78 is 5.64. The van der Waals surface area contributed by atoms with Gasteiger partial charge in [0.25, 0.3) is 0 Å². The van der Waals surface area contributed by atoms with E-state index in [0.717, 1.165) is 54.9 Å². The van der Waals surface area contributed by atoms with Gasteiger partial charge in [-0.05, 0) is 61.8 Å². The third kappa shape index (κ3) is 4.06. The lowest BCUT2D eigenvalue weighted by Gasteiger charge is -2.20. The Morgan fingerprint density at radius 2 is 1.24 bits per heavy atom. The summed E-state index contributed by atoms with van der Waals surface area (Å²) >= 11 is 0.